The fraction of sp³-hybridized carbons (Fsp3) is 0.222. The summed E-state index contributed by atoms with van der Waals surface area (Å²) in [5.41, 5.74) is 1.44. The molecule has 0 aromatic carbocycles. The molecule has 0 aliphatic carbocycles. The van der Waals surface area contributed by atoms with Crippen molar-refractivity contribution in [2.45, 2.75) is 13.3 Å². The smallest absolute Gasteiger partial charge is 0.230 e. The number of fused-ring (bicyclic) bond motifs is 1. The molecule has 1 aliphatic rings. The number of nitrogens with one attached hydrogen (secondary N) is 2. The van der Waals surface area contributed by atoms with Gasteiger partial charge < -0.3 is 10.6 Å². The maximum absolute atomic E-state index is 11.0. The second kappa shape index (κ2) is 3.10. The van der Waals surface area contributed by atoms with Crippen molar-refractivity contribution < 1.29 is 9.59 Å². The van der Waals surface area contributed by atoms with E-state index in [0.29, 0.717) is 17.9 Å². The van der Waals surface area contributed by atoms with Gasteiger partial charge in [-0.05, 0) is 6.07 Å². The maximum atomic E-state index is 11.0. The first kappa shape index (κ1) is 8.68. The third-order valence-corrected chi connectivity index (χ3v) is 1.90. The standard InChI is InChI=1S/C9H9N3O2/c1-5(13)11-7-2-6-3-8(14)12-9(6)10-4-7/h2,4H,3H2,1H3,(H,11,13)(H,10,12,14). The van der Waals surface area contributed by atoms with Gasteiger partial charge in [0.1, 0.15) is 5.82 Å². The number of aromatic nitrogens is 1. The summed E-state index contributed by atoms with van der Waals surface area (Å²) in [6, 6.07) is 1.75. The summed E-state index contributed by atoms with van der Waals surface area (Å²) in [4.78, 5) is 25.8. The van der Waals surface area contributed by atoms with Crippen LogP contribution in [0, 0.1) is 0 Å². The zero-order valence-electron chi connectivity index (χ0n) is 7.63. The van der Waals surface area contributed by atoms with Crippen LogP contribution in [-0.4, -0.2) is 16.8 Å². The molecule has 0 bridgehead atoms. The van der Waals surface area contributed by atoms with E-state index in [1.807, 2.05) is 0 Å². The molecule has 5 nitrogen and oxygen atoms in total. The fourth-order valence-electron chi connectivity index (χ4n) is 1.38. The summed E-state index contributed by atoms with van der Waals surface area (Å²) in [7, 11) is 0. The first-order valence-corrected chi connectivity index (χ1v) is 4.21. The molecule has 5 heteroatoms. The van der Waals surface area contributed by atoms with Crippen molar-refractivity contribution in [1.82, 2.24) is 4.98 Å². The molecule has 1 aliphatic heterocycles. The number of nitrogens with zero attached hydrogens (tertiary/aromatic N) is 1. The lowest BCUT2D eigenvalue weighted by molar-refractivity contribution is -0.115. The monoisotopic (exact) mass is 191 g/mol. The maximum Gasteiger partial charge on any atom is 0.230 e. The molecule has 0 radical (unpaired) electrons. The Morgan fingerprint density at radius 3 is 3.14 bits per heavy atom. The summed E-state index contributed by atoms with van der Waals surface area (Å²) in [5, 5.41) is 5.22. The number of pyridine rings is 1. The van der Waals surface area contributed by atoms with Gasteiger partial charge >= 0.3 is 0 Å². The molecule has 0 saturated carbocycles. The van der Waals surface area contributed by atoms with E-state index in [9.17, 15) is 9.59 Å². The molecule has 72 valence electrons. The average molecular weight is 191 g/mol. The first-order chi connectivity index (χ1) is 6.65. The molecule has 0 fully saturated rings. The molecular formula is C9H9N3O2. The van der Waals surface area contributed by atoms with Crippen LogP contribution in [0.15, 0.2) is 12.3 Å². The highest BCUT2D eigenvalue weighted by Gasteiger charge is 2.18. The SMILES string of the molecule is CC(=O)Nc1cnc2c(c1)CC(=O)N2. The van der Waals surface area contributed by atoms with Crippen molar-refractivity contribution in [3.05, 3.63) is 17.8 Å². The van der Waals surface area contributed by atoms with Crippen molar-refractivity contribution in [3.63, 3.8) is 0 Å². The first-order valence-electron chi connectivity index (χ1n) is 4.21. The van der Waals surface area contributed by atoms with Crippen LogP contribution in [0.2, 0.25) is 0 Å². The summed E-state index contributed by atoms with van der Waals surface area (Å²) in [6.07, 6.45) is 1.85. The van der Waals surface area contributed by atoms with Crippen molar-refractivity contribution in [2.24, 2.45) is 0 Å². The van der Waals surface area contributed by atoms with Crippen molar-refractivity contribution in [2.75, 3.05) is 10.6 Å². The number of carbonyl (C=O) groups is 2. The Bertz CT molecular complexity index is 415. The topological polar surface area (TPSA) is 71.1 Å². The fourth-order valence-corrected chi connectivity index (χ4v) is 1.38. The lowest BCUT2D eigenvalue weighted by atomic mass is 10.2. The summed E-state index contributed by atoms with van der Waals surface area (Å²) in [5.74, 6) is 0.376. The largest absolute Gasteiger partial charge is 0.325 e. The van der Waals surface area contributed by atoms with Gasteiger partial charge in [-0.3, -0.25) is 9.59 Å². The predicted octanol–water partition coefficient (Wildman–Crippen LogP) is 0.535. The van der Waals surface area contributed by atoms with Gasteiger partial charge in [0.2, 0.25) is 11.8 Å². The molecule has 0 unspecified atom stereocenters. The normalized spacial score (nSPS) is 13.4. The zero-order valence-corrected chi connectivity index (χ0v) is 7.63. The molecular weight excluding hydrogens is 182 g/mol. The molecule has 1 aromatic heterocycles. The molecule has 0 saturated heterocycles. The van der Waals surface area contributed by atoms with E-state index >= 15 is 0 Å². The van der Waals surface area contributed by atoms with E-state index in [2.05, 4.69) is 15.6 Å². The average Bonchev–Trinajstić information content (AvgIpc) is 2.42. The second-order valence-electron chi connectivity index (χ2n) is 3.14. The highest BCUT2D eigenvalue weighted by molar-refractivity contribution is 5.98. The number of amides is 2. The van der Waals surface area contributed by atoms with Crippen molar-refractivity contribution in [1.29, 1.82) is 0 Å². The van der Waals surface area contributed by atoms with Gasteiger partial charge in [-0.25, -0.2) is 4.98 Å². The third kappa shape index (κ3) is 1.56. The lowest BCUT2D eigenvalue weighted by Gasteiger charge is -2.02. The molecule has 2 N–H and O–H groups in total. The molecule has 1 aromatic rings. The summed E-state index contributed by atoms with van der Waals surface area (Å²) >= 11 is 0. The second-order valence-corrected chi connectivity index (χ2v) is 3.14. The molecule has 0 spiro atoms. The summed E-state index contributed by atoms with van der Waals surface area (Å²) in [6.45, 7) is 1.43. The zero-order chi connectivity index (χ0) is 10.1. The van der Waals surface area contributed by atoms with E-state index in [0.717, 1.165) is 5.56 Å². The minimum Gasteiger partial charge on any atom is -0.325 e. The van der Waals surface area contributed by atoms with Crippen LogP contribution >= 0.6 is 0 Å². The minimum absolute atomic E-state index is 0.0625. The van der Waals surface area contributed by atoms with Crippen LogP contribution < -0.4 is 10.6 Å². The van der Waals surface area contributed by atoms with Crippen LogP contribution in [0.25, 0.3) is 0 Å². The third-order valence-electron chi connectivity index (χ3n) is 1.90. The van der Waals surface area contributed by atoms with Crippen molar-refractivity contribution in [3.8, 4) is 0 Å². The van der Waals surface area contributed by atoms with Gasteiger partial charge in [0.25, 0.3) is 0 Å². The van der Waals surface area contributed by atoms with Gasteiger partial charge in [-0.15, -0.1) is 0 Å². The quantitative estimate of drug-likeness (QED) is 0.680. The number of hydrogen-bond acceptors (Lipinski definition) is 3. The van der Waals surface area contributed by atoms with E-state index in [1.165, 1.54) is 13.1 Å². The van der Waals surface area contributed by atoms with Crippen LogP contribution in [0.1, 0.15) is 12.5 Å². The van der Waals surface area contributed by atoms with E-state index in [4.69, 9.17) is 0 Å². The molecule has 2 heterocycles. The van der Waals surface area contributed by atoms with Gasteiger partial charge in [-0.2, -0.15) is 0 Å². The van der Waals surface area contributed by atoms with Gasteiger partial charge in [-0.1, -0.05) is 0 Å². The number of anilines is 2. The molecule has 14 heavy (non-hydrogen) atoms. The molecule has 2 amide bonds. The van der Waals surface area contributed by atoms with Crippen LogP contribution in [-0.2, 0) is 16.0 Å². The van der Waals surface area contributed by atoms with Crippen LogP contribution in [0.3, 0.4) is 0 Å². The molecule has 0 atom stereocenters. The van der Waals surface area contributed by atoms with Crippen molar-refractivity contribution >= 4 is 23.3 Å². The number of rotatable bonds is 1. The Balaban J connectivity index is 2.28. The van der Waals surface area contributed by atoms with Crippen LogP contribution in [0.4, 0.5) is 11.5 Å². The van der Waals surface area contributed by atoms with Gasteiger partial charge in [0.05, 0.1) is 18.3 Å². The van der Waals surface area contributed by atoms with E-state index in [-0.39, 0.29) is 11.8 Å². The predicted molar refractivity (Wildman–Crippen MR) is 50.9 cm³/mol. The minimum atomic E-state index is -0.149. The Hall–Kier alpha value is -1.91. The van der Waals surface area contributed by atoms with E-state index in [1.54, 1.807) is 6.07 Å². The van der Waals surface area contributed by atoms with Gasteiger partial charge in [0.15, 0.2) is 0 Å². The van der Waals surface area contributed by atoms with E-state index < -0.39 is 0 Å². The highest BCUT2D eigenvalue weighted by atomic mass is 16.2. The highest BCUT2D eigenvalue weighted by Crippen LogP contribution is 2.22. The lowest BCUT2D eigenvalue weighted by Crippen LogP contribution is -2.06. The van der Waals surface area contributed by atoms with Crippen LogP contribution in [0.5, 0.6) is 0 Å². The Kier molecular flexibility index (Phi) is 1.92. The number of hydrogen-bond donors (Lipinski definition) is 2. The summed E-state index contributed by atoms with van der Waals surface area (Å²) < 4.78 is 0. The molecule has 2 rings (SSSR count). The Morgan fingerprint density at radius 1 is 1.64 bits per heavy atom. The number of carbonyl (C=O) groups excluding carboxylic acids is 2. The Labute approximate surface area is 80.5 Å². The Morgan fingerprint density at radius 2 is 2.43 bits per heavy atom. The van der Waals surface area contributed by atoms with Gasteiger partial charge in [0, 0.05) is 12.5 Å².